The van der Waals surface area contributed by atoms with Gasteiger partial charge in [-0.2, -0.15) is 0 Å². The Morgan fingerprint density at radius 1 is 1.33 bits per heavy atom. The quantitative estimate of drug-likeness (QED) is 0.946. The van der Waals surface area contributed by atoms with Gasteiger partial charge >= 0.3 is 0 Å². The fourth-order valence-corrected chi connectivity index (χ4v) is 3.03. The molecule has 1 fully saturated rings. The second-order valence-electron chi connectivity index (χ2n) is 5.14. The number of nitrogens with zero attached hydrogens (tertiary/aromatic N) is 2. The van der Waals surface area contributed by atoms with E-state index in [1.165, 1.54) is 0 Å². The van der Waals surface area contributed by atoms with Gasteiger partial charge in [0, 0.05) is 12.7 Å². The summed E-state index contributed by atoms with van der Waals surface area (Å²) in [6, 6.07) is 11.6. The monoisotopic (exact) mass is 304 g/mol. The predicted octanol–water partition coefficient (Wildman–Crippen LogP) is 3.06. The van der Waals surface area contributed by atoms with Gasteiger partial charge in [0.1, 0.15) is 11.6 Å². The lowest BCUT2D eigenvalue weighted by atomic mass is 10.0. The lowest BCUT2D eigenvalue weighted by molar-refractivity contribution is 0.194. The first kappa shape index (κ1) is 14.2. The van der Waals surface area contributed by atoms with Crippen molar-refractivity contribution in [2.75, 3.05) is 18.6 Å². The van der Waals surface area contributed by atoms with Crippen molar-refractivity contribution in [3.63, 3.8) is 0 Å². The van der Waals surface area contributed by atoms with Crippen LogP contribution in [-0.4, -0.2) is 29.8 Å². The van der Waals surface area contributed by atoms with E-state index >= 15 is 0 Å². The number of ether oxygens (including phenoxy) is 1. The summed E-state index contributed by atoms with van der Waals surface area (Å²) in [4.78, 5) is 6.42. The second kappa shape index (κ2) is 5.92. The van der Waals surface area contributed by atoms with Gasteiger partial charge < -0.3 is 14.7 Å². The minimum atomic E-state index is -0.390. The first-order valence-electron chi connectivity index (χ1n) is 6.88. The molecule has 2 heterocycles. The number of hydrogen-bond donors (Lipinski definition) is 1. The molecule has 5 heteroatoms. The van der Waals surface area contributed by atoms with Gasteiger partial charge in [-0.1, -0.05) is 23.7 Å². The van der Waals surface area contributed by atoms with Crippen LogP contribution in [0.4, 0.5) is 5.82 Å². The number of aromatic nitrogens is 1. The second-order valence-corrected chi connectivity index (χ2v) is 5.55. The Labute approximate surface area is 128 Å². The maximum atomic E-state index is 10.1. The Morgan fingerprint density at radius 3 is 2.95 bits per heavy atom. The number of benzene rings is 1. The van der Waals surface area contributed by atoms with Crippen molar-refractivity contribution in [1.29, 1.82) is 0 Å². The molecular weight excluding hydrogens is 288 g/mol. The lowest BCUT2D eigenvalue weighted by Crippen LogP contribution is -2.25. The zero-order chi connectivity index (χ0) is 14.8. The molecule has 1 aliphatic rings. The molecule has 0 spiro atoms. The molecule has 2 aromatic rings. The van der Waals surface area contributed by atoms with Crippen LogP contribution in [0, 0.1) is 0 Å². The highest BCUT2D eigenvalue weighted by atomic mass is 35.5. The Hall–Kier alpha value is -1.78. The summed E-state index contributed by atoms with van der Waals surface area (Å²) >= 11 is 6.25. The third kappa shape index (κ3) is 2.82. The third-order valence-electron chi connectivity index (χ3n) is 3.77. The number of anilines is 1. The highest BCUT2D eigenvalue weighted by molar-refractivity contribution is 6.32. The summed E-state index contributed by atoms with van der Waals surface area (Å²) in [5.41, 5.74) is 1.09. The number of hydrogen-bond acceptors (Lipinski definition) is 4. The van der Waals surface area contributed by atoms with E-state index < -0.39 is 0 Å². The molecule has 0 saturated carbocycles. The first-order chi connectivity index (χ1) is 10.2. The minimum absolute atomic E-state index is 0.0440. The molecule has 0 amide bonds. The highest BCUT2D eigenvalue weighted by Gasteiger charge is 2.34. The van der Waals surface area contributed by atoms with Gasteiger partial charge in [-0.15, -0.1) is 0 Å². The van der Waals surface area contributed by atoms with Gasteiger partial charge in [0.25, 0.3) is 0 Å². The van der Waals surface area contributed by atoms with E-state index in [2.05, 4.69) is 9.88 Å². The van der Waals surface area contributed by atoms with Crippen molar-refractivity contribution < 1.29 is 9.84 Å². The van der Waals surface area contributed by atoms with E-state index in [-0.39, 0.29) is 12.1 Å². The Morgan fingerprint density at radius 2 is 2.19 bits per heavy atom. The largest absolute Gasteiger partial charge is 0.497 e. The van der Waals surface area contributed by atoms with Crippen LogP contribution >= 0.6 is 11.6 Å². The van der Waals surface area contributed by atoms with Crippen LogP contribution < -0.4 is 9.64 Å². The van der Waals surface area contributed by atoms with Gasteiger partial charge in [0.2, 0.25) is 0 Å². The molecule has 1 N–H and O–H groups in total. The predicted molar refractivity (Wildman–Crippen MR) is 83.0 cm³/mol. The Bertz CT molecular complexity index is 635. The van der Waals surface area contributed by atoms with E-state index in [1.54, 1.807) is 19.4 Å². The van der Waals surface area contributed by atoms with Gasteiger partial charge in [0.15, 0.2) is 0 Å². The van der Waals surface area contributed by atoms with Gasteiger partial charge in [-0.3, -0.25) is 0 Å². The molecule has 0 aliphatic carbocycles. The molecule has 1 aliphatic heterocycles. The molecule has 4 nitrogen and oxygen atoms in total. The number of halogens is 1. The van der Waals surface area contributed by atoms with E-state index in [9.17, 15) is 5.11 Å². The highest BCUT2D eigenvalue weighted by Crippen LogP contribution is 2.38. The summed E-state index contributed by atoms with van der Waals surface area (Å²) < 4.78 is 5.28. The standard InChI is InChI=1S/C16H17ClN2O2/c1-21-13-5-2-4-11(8-13)15-9-12(20)10-19(15)16-14(17)6-3-7-18-16/h2-8,12,15,20H,9-10H2,1H3. The van der Waals surface area contributed by atoms with Crippen molar-refractivity contribution in [1.82, 2.24) is 4.98 Å². The smallest absolute Gasteiger partial charge is 0.147 e. The average Bonchev–Trinajstić information content (AvgIpc) is 2.89. The molecule has 21 heavy (non-hydrogen) atoms. The number of β-amino-alcohol motifs (C(OH)–C–C–N with tert-alkyl or cyclic N) is 1. The van der Waals surface area contributed by atoms with Crippen LogP contribution in [0.1, 0.15) is 18.0 Å². The van der Waals surface area contributed by atoms with Crippen LogP contribution in [0.3, 0.4) is 0 Å². The van der Waals surface area contributed by atoms with Crippen molar-refractivity contribution in [3.8, 4) is 5.75 Å². The zero-order valence-electron chi connectivity index (χ0n) is 11.7. The maximum Gasteiger partial charge on any atom is 0.147 e. The Kier molecular flexibility index (Phi) is 3.99. The molecule has 2 unspecified atom stereocenters. The van der Waals surface area contributed by atoms with Gasteiger partial charge in [0.05, 0.1) is 24.3 Å². The number of aliphatic hydroxyl groups is 1. The van der Waals surface area contributed by atoms with Crippen molar-refractivity contribution >= 4 is 17.4 Å². The first-order valence-corrected chi connectivity index (χ1v) is 7.26. The van der Waals surface area contributed by atoms with Crippen molar-refractivity contribution in [2.45, 2.75) is 18.6 Å². The van der Waals surface area contributed by atoms with Gasteiger partial charge in [-0.25, -0.2) is 4.98 Å². The molecule has 2 atom stereocenters. The molecule has 0 radical (unpaired) electrons. The molecule has 1 saturated heterocycles. The van der Waals surface area contributed by atoms with Crippen LogP contribution in [0.5, 0.6) is 5.75 Å². The number of pyridine rings is 1. The van der Waals surface area contributed by atoms with Crippen LogP contribution in [0.15, 0.2) is 42.6 Å². The number of rotatable bonds is 3. The van der Waals surface area contributed by atoms with Crippen LogP contribution in [0.25, 0.3) is 0 Å². The average molecular weight is 305 g/mol. The van der Waals surface area contributed by atoms with Crippen LogP contribution in [0.2, 0.25) is 5.02 Å². The van der Waals surface area contributed by atoms with E-state index in [4.69, 9.17) is 16.3 Å². The number of methoxy groups -OCH3 is 1. The molecule has 0 bridgehead atoms. The number of aliphatic hydroxyl groups excluding tert-OH is 1. The van der Waals surface area contributed by atoms with E-state index in [1.807, 2.05) is 30.3 Å². The molecule has 110 valence electrons. The Balaban J connectivity index is 1.97. The molecular formula is C16H17ClN2O2. The summed E-state index contributed by atoms with van der Waals surface area (Å²) in [6.07, 6.45) is 1.98. The molecule has 3 rings (SSSR count). The third-order valence-corrected chi connectivity index (χ3v) is 4.06. The molecule has 1 aromatic carbocycles. The van der Waals surface area contributed by atoms with Gasteiger partial charge in [-0.05, 0) is 36.2 Å². The maximum absolute atomic E-state index is 10.1. The fraction of sp³-hybridized carbons (Fsp3) is 0.312. The summed E-state index contributed by atoms with van der Waals surface area (Å²) in [6.45, 7) is 0.526. The zero-order valence-corrected chi connectivity index (χ0v) is 12.5. The SMILES string of the molecule is COc1cccc(C2CC(O)CN2c2ncccc2Cl)c1. The van der Waals surface area contributed by atoms with E-state index in [0.717, 1.165) is 11.3 Å². The van der Waals surface area contributed by atoms with Crippen molar-refractivity contribution in [3.05, 3.63) is 53.2 Å². The minimum Gasteiger partial charge on any atom is -0.497 e. The molecule has 1 aromatic heterocycles. The summed E-state index contributed by atoms with van der Waals surface area (Å²) in [5.74, 6) is 1.52. The van der Waals surface area contributed by atoms with Crippen LogP contribution in [-0.2, 0) is 0 Å². The van der Waals surface area contributed by atoms with E-state index in [0.29, 0.717) is 23.8 Å². The fourth-order valence-electron chi connectivity index (χ4n) is 2.80. The van der Waals surface area contributed by atoms with Crippen molar-refractivity contribution in [2.24, 2.45) is 0 Å². The summed E-state index contributed by atoms with van der Waals surface area (Å²) in [7, 11) is 1.65. The topological polar surface area (TPSA) is 45.6 Å². The normalized spacial score (nSPS) is 21.6. The summed E-state index contributed by atoms with van der Waals surface area (Å²) in [5, 5.41) is 10.7. The lowest BCUT2D eigenvalue weighted by Gasteiger charge is -2.26.